The molecule has 0 aliphatic carbocycles. The minimum Gasteiger partial charge on any atom is -0.357 e. The fourth-order valence-electron chi connectivity index (χ4n) is 2.72. The summed E-state index contributed by atoms with van der Waals surface area (Å²) in [6.45, 7) is 3.53. The topological polar surface area (TPSA) is 57.5 Å². The third kappa shape index (κ3) is 6.26. The van der Waals surface area contributed by atoms with Crippen LogP contribution < -0.4 is 10.6 Å². The van der Waals surface area contributed by atoms with Crippen LogP contribution in [0.2, 0.25) is 0 Å². The molecule has 0 fully saturated rings. The van der Waals surface area contributed by atoms with E-state index in [4.69, 9.17) is 0 Å². The predicted octanol–water partition coefficient (Wildman–Crippen LogP) is 2.80. The van der Waals surface area contributed by atoms with Crippen molar-refractivity contribution in [2.75, 3.05) is 27.2 Å². The van der Waals surface area contributed by atoms with Crippen molar-refractivity contribution >= 4 is 5.96 Å². The van der Waals surface area contributed by atoms with Crippen LogP contribution in [0.3, 0.4) is 0 Å². The second-order valence-corrected chi connectivity index (χ2v) is 6.70. The molecule has 0 bridgehead atoms. The Kier molecular flexibility index (Phi) is 7.45. The number of nitrogens with one attached hydrogen (secondary N) is 2. The average molecular weight is 396 g/mol. The highest BCUT2D eigenvalue weighted by molar-refractivity contribution is 5.79. The van der Waals surface area contributed by atoms with Gasteiger partial charge in [0.15, 0.2) is 5.96 Å². The first-order valence-corrected chi connectivity index (χ1v) is 9.04. The van der Waals surface area contributed by atoms with Crippen LogP contribution in [0, 0.1) is 0 Å². The maximum absolute atomic E-state index is 12.7. The number of aliphatic imine (C=N–C) groups is 1. The minimum atomic E-state index is -4.33. The Morgan fingerprint density at radius 1 is 1.21 bits per heavy atom. The third-order valence-electron chi connectivity index (χ3n) is 4.24. The van der Waals surface area contributed by atoms with Gasteiger partial charge in [-0.1, -0.05) is 12.1 Å². The summed E-state index contributed by atoms with van der Waals surface area (Å²) in [5.74, 6) is 0.609. The Labute approximate surface area is 163 Å². The number of likely N-dealkylation sites (N-methyl/N-ethyl adjacent to an activating group) is 1. The molecule has 0 aliphatic heterocycles. The van der Waals surface area contributed by atoms with Crippen LogP contribution in [0.5, 0.6) is 0 Å². The number of hydrogen-bond acceptors (Lipinski definition) is 3. The van der Waals surface area contributed by atoms with E-state index in [9.17, 15) is 13.2 Å². The molecule has 1 unspecified atom stereocenters. The van der Waals surface area contributed by atoms with Crippen LogP contribution >= 0.6 is 0 Å². The molecule has 28 heavy (non-hydrogen) atoms. The molecule has 1 heterocycles. The van der Waals surface area contributed by atoms with Crippen LogP contribution in [0.1, 0.15) is 29.7 Å². The van der Waals surface area contributed by atoms with Gasteiger partial charge in [-0.2, -0.15) is 18.3 Å². The Morgan fingerprint density at radius 2 is 1.89 bits per heavy atom. The molecule has 0 spiro atoms. The predicted molar refractivity (Wildman–Crippen MR) is 104 cm³/mol. The number of alkyl halides is 3. The van der Waals surface area contributed by atoms with Crippen LogP contribution in [-0.2, 0) is 19.8 Å². The molecule has 9 heteroatoms. The SMILES string of the molecule is CCNC(=NCc1ccc(C(F)(F)F)cc1)NCC(c1cnn(C)c1)N(C)C. The van der Waals surface area contributed by atoms with Gasteiger partial charge in [0.2, 0.25) is 0 Å². The van der Waals surface area contributed by atoms with Crippen LogP contribution in [-0.4, -0.2) is 47.8 Å². The molecule has 0 saturated carbocycles. The van der Waals surface area contributed by atoms with Gasteiger partial charge in [-0.3, -0.25) is 4.68 Å². The Balaban J connectivity index is 2.03. The maximum atomic E-state index is 12.7. The van der Waals surface area contributed by atoms with E-state index in [1.54, 1.807) is 4.68 Å². The van der Waals surface area contributed by atoms with Crippen LogP contribution in [0.25, 0.3) is 0 Å². The number of nitrogens with zero attached hydrogens (tertiary/aromatic N) is 4. The summed E-state index contributed by atoms with van der Waals surface area (Å²) in [6.07, 6.45) is -0.525. The molecule has 1 atom stereocenters. The van der Waals surface area contributed by atoms with Gasteiger partial charge in [0.25, 0.3) is 0 Å². The zero-order chi connectivity index (χ0) is 20.7. The highest BCUT2D eigenvalue weighted by Gasteiger charge is 2.29. The molecule has 1 aromatic heterocycles. The largest absolute Gasteiger partial charge is 0.416 e. The van der Waals surface area contributed by atoms with E-state index < -0.39 is 11.7 Å². The van der Waals surface area contributed by atoms with E-state index in [-0.39, 0.29) is 12.6 Å². The summed E-state index contributed by atoms with van der Waals surface area (Å²) in [5, 5.41) is 10.7. The van der Waals surface area contributed by atoms with Gasteiger partial charge in [-0.15, -0.1) is 0 Å². The quantitative estimate of drug-likeness (QED) is 0.558. The normalized spacial score (nSPS) is 13.6. The van der Waals surface area contributed by atoms with E-state index in [0.717, 1.165) is 17.7 Å². The molecule has 2 aromatic rings. The molecule has 0 radical (unpaired) electrons. The van der Waals surface area contributed by atoms with Gasteiger partial charge >= 0.3 is 6.18 Å². The molecule has 0 aliphatic rings. The van der Waals surface area contributed by atoms with Gasteiger partial charge in [-0.25, -0.2) is 4.99 Å². The van der Waals surface area contributed by atoms with Gasteiger partial charge in [-0.05, 0) is 38.7 Å². The van der Waals surface area contributed by atoms with Gasteiger partial charge < -0.3 is 15.5 Å². The first-order chi connectivity index (χ1) is 13.2. The molecule has 2 rings (SSSR count). The lowest BCUT2D eigenvalue weighted by atomic mass is 10.1. The second kappa shape index (κ2) is 9.59. The first-order valence-electron chi connectivity index (χ1n) is 9.04. The molecular formula is C19H27F3N6. The smallest absolute Gasteiger partial charge is 0.357 e. The van der Waals surface area contributed by atoms with E-state index >= 15 is 0 Å². The highest BCUT2D eigenvalue weighted by Crippen LogP contribution is 2.29. The van der Waals surface area contributed by atoms with Crippen molar-refractivity contribution in [2.45, 2.75) is 25.7 Å². The molecular weight excluding hydrogens is 369 g/mol. The number of halogens is 3. The summed E-state index contributed by atoms with van der Waals surface area (Å²) in [4.78, 5) is 6.57. The molecule has 1 aromatic carbocycles. The van der Waals surface area contributed by atoms with Crippen molar-refractivity contribution in [3.05, 3.63) is 53.3 Å². The number of aromatic nitrogens is 2. The first kappa shape index (κ1) is 21.7. The van der Waals surface area contributed by atoms with E-state index in [1.807, 2.05) is 40.5 Å². The van der Waals surface area contributed by atoms with Gasteiger partial charge in [0, 0.05) is 31.9 Å². The second-order valence-electron chi connectivity index (χ2n) is 6.70. The third-order valence-corrected chi connectivity index (χ3v) is 4.24. The molecule has 0 saturated heterocycles. The van der Waals surface area contributed by atoms with Crippen molar-refractivity contribution in [3.8, 4) is 0 Å². The average Bonchev–Trinajstić information content (AvgIpc) is 3.05. The summed E-state index contributed by atoms with van der Waals surface area (Å²) >= 11 is 0. The summed E-state index contributed by atoms with van der Waals surface area (Å²) in [6, 6.07) is 5.16. The zero-order valence-electron chi connectivity index (χ0n) is 16.6. The Morgan fingerprint density at radius 3 is 2.39 bits per heavy atom. The zero-order valence-corrected chi connectivity index (χ0v) is 16.6. The fourth-order valence-corrected chi connectivity index (χ4v) is 2.72. The summed E-state index contributed by atoms with van der Waals surface area (Å²) in [5.41, 5.74) is 1.13. The van der Waals surface area contributed by atoms with Crippen molar-refractivity contribution in [2.24, 2.45) is 12.0 Å². The lowest BCUT2D eigenvalue weighted by molar-refractivity contribution is -0.137. The molecule has 2 N–H and O–H groups in total. The number of aryl methyl sites for hydroxylation is 1. The molecule has 6 nitrogen and oxygen atoms in total. The standard InChI is InChI=1S/C19H27F3N6/c1-5-23-18(24-10-14-6-8-16(9-7-14)19(20,21)22)25-12-17(27(2)3)15-11-26-28(4)13-15/h6-9,11,13,17H,5,10,12H2,1-4H3,(H2,23,24,25). The lowest BCUT2D eigenvalue weighted by Gasteiger charge is -2.24. The summed E-state index contributed by atoms with van der Waals surface area (Å²) < 4.78 is 39.7. The fraction of sp³-hybridized carbons (Fsp3) is 0.474. The van der Waals surface area contributed by atoms with Crippen molar-refractivity contribution in [3.63, 3.8) is 0 Å². The minimum absolute atomic E-state index is 0.101. The van der Waals surface area contributed by atoms with E-state index in [0.29, 0.717) is 24.6 Å². The number of hydrogen-bond donors (Lipinski definition) is 2. The Hall–Kier alpha value is -2.55. The van der Waals surface area contributed by atoms with Crippen LogP contribution in [0.15, 0.2) is 41.7 Å². The monoisotopic (exact) mass is 396 g/mol. The maximum Gasteiger partial charge on any atom is 0.416 e. The lowest BCUT2D eigenvalue weighted by Crippen LogP contribution is -2.41. The van der Waals surface area contributed by atoms with E-state index in [2.05, 4.69) is 25.6 Å². The van der Waals surface area contributed by atoms with Gasteiger partial charge in [0.1, 0.15) is 0 Å². The number of benzene rings is 1. The number of rotatable bonds is 7. The Bertz CT molecular complexity index is 765. The van der Waals surface area contributed by atoms with Crippen molar-refractivity contribution in [1.29, 1.82) is 0 Å². The van der Waals surface area contributed by atoms with Crippen LogP contribution in [0.4, 0.5) is 13.2 Å². The highest BCUT2D eigenvalue weighted by atomic mass is 19.4. The van der Waals surface area contributed by atoms with E-state index in [1.165, 1.54) is 12.1 Å². The van der Waals surface area contributed by atoms with Crippen molar-refractivity contribution in [1.82, 2.24) is 25.3 Å². The summed E-state index contributed by atoms with van der Waals surface area (Å²) in [7, 11) is 5.86. The van der Waals surface area contributed by atoms with Crippen molar-refractivity contribution < 1.29 is 13.2 Å². The van der Waals surface area contributed by atoms with Gasteiger partial charge in [0.05, 0.1) is 24.3 Å². The number of guanidine groups is 1. The molecule has 0 amide bonds. The molecule has 154 valence electrons.